The topological polar surface area (TPSA) is 38.0 Å². The van der Waals surface area contributed by atoms with E-state index in [9.17, 15) is 0 Å². The Balaban J connectivity index is 3.40. The van der Waals surface area contributed by atoms with E-state index in [1.54, 1.807) is 12.4 Å². The van der Waals surface area contributed by atoms with Crippen LogP contribution in [0, 0.1) is 0 Å². The Labute approximate surface area is 53.8 Å². The Morgan fingerprint density at radius 1 is 1.88 bits per heavy atom. The fourth-order valence-corrected chi connectivity index (χ4v) is 0.386. The maximum absolute atomic E-state index is 5.37. The Morgan fingerprint density at radius 3 is 2.88 bits per heavy atom. The quantitative estimate of drug-likeness (QED) is 0.594. The summed E-state index contributed by atoms with van der Waals surface area (Å²) in [6, 6.07) is 0. The first-order valence-electron chi connectivity index (χ1n) is 2.18. The standard InChI is InChI=1S/C5H10N2S/c1-3-7-4-5(6)8-2/h3-4,7H,1,6H2,2H3/b5-4+. The van der Waals surface area contributed by atoms with Crippen molar-refractivity contribution in [2.45, 2.75) is 0 Å². The molecule has 0 radical (unpaired) electrons. The van der Waals surface area contributed by atoms with Crippen LogP contribution in [-0.2, 0) is 0 Å². The minimum atomic E-state index is 0.755. The van der Waals surface area contributed by atoms with Gasteiger partial charge in [-0.1, -0.05) is 6.58 Å². The van der Waals surface area contributed by atoms with E-state index < -0.39 is 0 Å². The van der Waals surface area contributed by atoms with Crippen LogP contribution in [0.25, 0.3) is 0 Å². The van der Waals surface area contributed by atoms with Gasteiger partial charge in [0.05, 0.1) is 5.03 Å². The van der Waals surface area contributed by atoms with Crippen LogP contribution in [0.3, 0.4) is 0 Å². The average molecular weight is 130 g/mol. The first-order valence-corrected chi connectivity index (χ1v) is 3.40. The van der Waals surface area contributed by atoms with Gasteiger partial charge in [0.25, 0.3) is 0 Å². The lowest BCUT2D eigenvalue weighted by atomic mass is 10.8. The van der Waals surface area contributed by atoms with E-state index in [1.807, 2.05) is 6.26 Å². The van der Waals surface area contributed by atoms with Crippen molar-refractivity contribution >= 4 is 11.8 Å². The molecule has 0 bridgehead atoms. The van der Waals surface area contributed by atoms with Gasteiger partial charge in [0, 0.05) is 6.20 Å². The van der Waals surface area contributed by atoms with Crippen LogP contribution in [0.15, 0.2) is 24.0 Å². The minimum absolute atomic E-state index is 0.755. The van der Waals surface area contributed by atoms with Crippen LogP contribution in [0.4, 0.5) is 0 Å². The second kappa shape index (κ2) is 4.59. The summed E-state index contributed by atoms with van der Waals surface area (Å²) in [5, 5.41) is 3.51. The third-order valence-corrected chi connectivity index (χ3v) is 1.17. The van der Waals surface area contributed by atoms with Gasteiger partial charge in [0.15, 0.2) is 0 Å². The lowest BCUT2D eigenvalue weighted by molar-refractivity contribution is 1.18. The molecule has 0 saturated carbocycles. The maximum Gasteiger partial charge on any atom is 0.0815 e. The van der Waals surface area contributed by atoms with E-state index in [0.717, 1.165) is 5.03 Å². The van der Waals surface area contributed by atoms with Gasteiger partial charge in [-0.2, -0.15) is 0 Å². The van der Waals surface area contributed by atoms with E-state index >= 15 is 0 Å². The molecule has 0 aliphatic heterocycles. The van der Waals surface area contributed by atoms with Crippen molar-refractivity contribution in [3.8, 4) is 0 Å². The van der Waals surface area contributed by atoms with Gasteiger partial charge in [0.1, 0.15) is 0 Å². The number of nitrogens with one attached hydrogen (secondary N) is 1. The Morgan fingerprint density at radius 2 is 2.50 bits per heavy atom. The van der Waals surface area contributed by atoms with Gasteiger partial charge in [0.2, 0.25) is 0 Å². The molecule has 0 aromatic carbocycles. The van der Waals surface area contributed by atoms with Crippen molar-refractivity contribution in [2.24, 2.45) is 5.73 Å². The molecule has 0 atom stereocenters. The summed E-state index contributed by atoms with van der Waals surface area (Å²) in [6.07, 6.45) is 5.18. The van der Waals surface area contributed by atoms with E-state index in [0.29, 0.717) is 0 Å². The van der Waals surface area contributed by atoms with Crippen LogP contribution in [0.2, 0.25) is 0 Å². The number of hydrogen-bond donors (Lipinski definition) is 2. The molecule has 0 amide bonds. The van der Waals surface area contributed by atoms with Crippen LogP contribution >= 0.6 is 11.8 Å². The van der Waals surface area contributed by atoms with E-state index in [2.05, 4.69) is 11.9 Å². The molecule has 0 aliphatic rings. The molecular weight excluding hydrogens is 120 g/mol. The molecule has 8 heavy (non-hydrogen) atoms. The highest BCUT2D eigenvalue weighted by Gasteiger charge is 1.77. The van der Waals surface area contributed by atoms with Crippen molar-refractivity contribution in [3.05, 3.63) is 24.0 Å². The van der Waals surface area contributed by atoms with E-state index in [-0.39, 0.29) is 0 Å². The third kappa shape index (κ3) is 3.61. The summed E-state index contributed by atoms with van der Waals surface area (Å²) in [4.78, 5) is 0. The molecule has 3 heteroatoms. The summed E-state index contributed by atoms with van der Waals surface area (Å²) in [6.45, 7) is 3.45. The largest absolute Gasteiger partial charge is 0.392 e. The fraction of sp³-hybridized carbons (Fsp3) is 0.200. The molecule has 0 aromatic heterocycles. The smallest absolute Gasteiger partial charge is 0.0815 e. The zero-order valence-electron chi connectivity index (χ0n) is 4.85. The molecule has 0 spiro atoms. The molecule has 2 nitrogen and oxygen atoms in total. The summed E-state index contributed by atoms with van der Waals surface area (Å²) in [5.41, 5.74) is 5.37. The fourth-order valence-electron chi connectivity index (χ4n) is 0.200. The van der Waals surface area contributed by atoms with Crippen LogP contribution in [0.5, 0.6) is 0 Å². The van der Waals surface area contributed by atoms with Gasteiger partial charge in [-0.05, 0) is 12.5 Å². The highest BCUT2D eigenvalue weighted by molar-refractivity contribution is 8.02. The SMILES string of the molecule is C=CN/C=C(\N)SC. The predicted molar refractivity (Wildman–Crippen MR) is 39.1 cm³/mol. The van der Waals surface area contributed by atoms with Crippen molar-refractivity contribution in [1.82, 2.24) is 5.32 Å². The average Bonchev–Trinajstić information content (AvgIpc) is 1.83. The third-order valence-electron chi connectivity index (χ3n) is 0.579. The van der Waals surface area contributed by atoms with Crippen molar-refractivity contribution in [3.63, 3.8) is 0 Å². The molecule has 3 N–H and O–H groups in total. The van der Waals surface area contributed by atoms with Crippen molar-refractivity contribution < 1.29 is 0 Å². The van der Waals surface area contributed by atoms with Gasteiger partial charge in [-0.25, -0.2) is 0 Å². The maximum atomic E-state index is 5.37. The number of rotatable bonds is 3. The van der Waals surface area contributed by atoms with Gasteiger partial charge >= 0.3 is 0 Å². The zero-order chi connectivity index (χ0) is 6.41. The number of hydrogen-bond acceptors (Lipinski definition) is 3. The van der Waals surface area contributed by atoms with E-state index in [4.69, 9.17) is 5.73 Å². The number of nitrogens with two attached hydrogens (primary N) is 1. The summed E-state index contributed by atoms with van der Waals surface area (Å²) >= 11 is 1.49. The molecule has 46 valence electrons. The van der Waals surface area contributed by atoms with Crippen LogP contribution < -0.4 is 11.1 Å². The van der Waals surface area contributed by atoms with Gasteiger partial charge in [-0.3, -0.25) is 0 Å². The highest BCUT2D eigenvalue weighted by atomic mass is 32.2. The lowest BCUT2D eigenvalue weighted by Crippen LogP contribution is -1.98. The Kier molecular flexibility index (Phi) is 4.26. The second-order valence-electron chi connectivity index (χ2n) is 1.12. The normalized spacial score (nSPS) is 10.9. The molecule has 0 fully saturated rings. The Bertz CT molecular complexity index is 98.6. The zero-order valence-corrected chi connectivity index (χ0v) is 5.66. The second-order valence-corrected chi connectivity index (χ2v) is 2.00. The minimum Gasteiger partial charge on any atom is -0.392 e. The molecule has 0 heterocycles. The summed E-state index contributed by atoms with van der Waals surface area (Å²) < 4.78 is 0. The first kappa shape index (κ1) is 7.43. The van der Waals surface area contributed by atoms with Gasteiger partial charge in [-0.15, -0.1) is 11.8 Å². The monoisotopic (exact) mass is 130 g/mol. The Hall–Kier alpha value is -0.570. The van der Waals surface area contributed by atoms with Crippen LogP contribution in [0.1, 0.15) is 0 Å². The number of thioether (sulfide) groups is 1. The van der Waals surface area contributed by atoms with E-state index in [1.165, 1.54) is 11.8 Å². The van der Waals surface area contributed by atoms with Crippen molar-refractivity contribution in [1.29, 1.82) is 0 Å². The molecule has 0 unspecified atom stereocenters. The molecule has 0 aromatic rings. The van der Waals surface area contributed by atoms with Gasteiger partial charge < -0.3 is 11.1 Å². The van der Waals surface area contributed by atoms with Crippen LogP contribution in [-0.4, -0.2) is 6.26 Å². The molecular formula is C5H10N2S. The molecule has 0 saturated heterocycles. The predicted octanol–water partition coefficient (Wildman–Crippen LogP) is 0.840. The summed E-state index contributed by atoms with van der Waals surface area (Å²) in [5.74, 6) is 0. The summed E-state index contributed by atoms with van der Waals surface area (Å²) in [7, 11) is 0. The molecule has 0 aliphatic carbocycles. The highest BCUT2D eigenvalue weighted by Crippen LogP contribution is 1.99. The lowest BCUT2D eigenvalue weighted by Gasteiger charge is -1.92. The molecule has 0 rings (SSSR count). The first-order chi connectivity index (χ1) is 3.81. The van der Waals surface area contributed by atoms with Crippen molar-refractivity contribution in [2.75, 3.05) is 6.26 Å².